The molecular formula is C13H18N2. The Labute approximate surface area is 91.1 Å². The SMILES string of the molecule is c1cc(C2CC2)c(C2CCNCC2)cn1. The summed E-state index contributed by atoms with van der Waals surface area (Å²) in [6.45, 7) is 2.34. The van der Waals surface area contributed by atoms with E-state index in [0.29, 0.717) is 0 Å². The summed E-state index contributed by atoms with van der Waals surface area (Å²) < 4.78 is 0. The van der Waals surface area contributed by atoms with Crippen molar-refractivity contribution in [1.29, 1.82) is 0 Å². The molecule has 0 bridgehead atoms. The minimum atomic E-state index is 0.760. The number of piperidine rings is 1. The molecule has 15 heavy (non-hydrogen) atoms. The predicted molar refractivity (Wildman–Crippen MR) is 61.1 cm³/mol. The van der Waals surface area contributed by atoms with Gasteiger partial charge in [-0.1, -0.05) is 0 Å². The second kappa shape index (κ2) is 3.93. The maximum absolute atomic E-state index is 4.31. The Kier molecular flexibility index (Phi) is 2.45. The molecule has 1 aromatic rings. The fourth-order valence-corrected chi connectivity index (χ4v) is 2.66. The fourth-order valence-electron chi connectivity index (χ4n) is 2.66. The molecule has 1 saturated carbocycles. The Morgan fingerprint density at radius 2 is 1.73 bits per heavy atom. The van der Waals surface area contributed by atoms with Gasteiger partial charge in [-0.2, -0.15) is 0 Å². The van der Waals surface area contributed by atoms with Gasteiger partial charge in [0, 0.05) is 12.4 Å². The summed E-state index contributed by atoms with van der Waals surface area (Å²) >= 11 is 0. The van der Waals surface area contributed by atoms with Crippen LogP contribution in [-0.2, 0) is 0 Å². The summed E-state index contributed by atoms with van der Waals surface area (Å²) in [5, 5.41) is 3.43. The minimum Gasteiger partial charge on any atom is -0.317 e. The second-order valence-electron chi connectivity index (χ2n) is 4.80. The molecule has 1 N–H and O–H groups in total. The van der Waals surface area contributed by atoms with Crippen molar-refractivity contribution >= 4 is 0 Å². The van der Waals surface area contributed by atoms with Crippen molar-refractivity contribution in [2.45, 2.75) is 37.5 Å². The van der Waals surface area contributed by atoms with Gasteiger partial charge in [0.1, 0.15) is 0 Å². The van der Waals surface area contributed by atoms with Crippen molar-refractivity contribution in [3.05, 3.63) is 29.6 Å². The van der Waals surface area contributed by atoms with Crippen LogP contribution in [0.4, 0.5) is 0 Å². The molecule has 0 unspecified atom stereocenters. The maximum Gasteiger partial charge on any atom is 0.0305 e. The van der Waals surface area contributed by atoms with E-state index in [4.69, 9.17) is 0 Å². The van der Waals surface area contributed by atoms with Gasteiger partial charge in [-0.05, 0) is 67.8 Å². The first kappa shape index (κ1) is 9.34. The molecule has 0 amide bonds. The zero-order chi connectivity index (χ0) is 10.1. The molecule has 2 nitrogen and oxygen atoms in total. The van der Waals surface area contributed by atoms with Crippen LogP contribution in [0.15, 0.2) is 18.5 Å². The molecule has 1 aliphatic carbocycles. The Bertz CT molecular complexity index is 338. The summed E-state index contributed by atoms with van der Waals surface area (Å²) in [4.78, 5) is 4.31. The van der Waals surface area contributed by atoms with Crippen LogP contribution in [0.2, 0.25) is 0 Å². The third kappa shape index (κ3) is 1.91. The van der Waals surface area contributed by atoms with Crippen LogP contribution in [0.3, 0.4) is 0 Å². The smallest absolute Gasteiger partial charge is 0.0305 e. The Morgan fingerprint density at radius 1 is 1.00 bits per heavy atom. The van der Waals surface area contributed by atoms with Crippen LogP contribution >= 0.6 is 0 Å². The van der Waals surface area contributed by atoms with Crippen molar-refractivity contribution in [3.8, 4) is 0 Å². The third-order valence-corrected chi connectivity index (χ3v) is 3.68. The fraction of sp³-hybridized carbons (Fsp3) is 0.615. The van der Waals surface area contributed by atoms with Crippen LogP contribution in [0, 0.1) is 0 Å². The molecule has 80 valence electrons. The first-order chi connectivity index (χ1) is 7.45. The van der Waals surface area contributed by atoms with Gasteiger partial charge in [-0.15, -0.1) is 0 Å². The zero-order valence-electron chi connectivity index (χ0n) is 9.08. The third-order valence-electron chi connectivity index (χ3n) is 3.68. The summed E-state index contributed by atoms with van der Waals surface area (Å²) in [5.74, 6) is 1.62. The van der Waals surface area contributed by atoms with Crippen molar-refractivity contribution < 1.29 is 0 Å². The molecule has 2 heterocycles. The van der Waals surface area contributed by atoms with Gasteiger partial charge in [-0.25, -0.2) is 0 Å². The predicted octanol–water partition coefficient (Wildman–Crippen LogP) is 2.43. The maximum atomic E-state index is 4.31. The van der Waals surface area contributed by atoms with Crippen LogP contribution in [0.1, 0.15) is 48.6 Å². The molecule has 1 aromatic heterocycles. The van der Waals surface area contributed by atoms with Crippen LogP contribution < -0.4 is 5.32 Å². The van der Waals surface area contributed by atoms with E-state index in [1.807, 2.05) is 6.20 Å². The van der Waals surface area contributed by atoms with Gasteiger partial charge in [0.15, 0.2) is 0 Å². The molecule has 0 aromatic carbocycles. The number of rotatable bonds is 2. The van der Waals surface area contributed by atoms with Crippen molar-refractivity contribution in [3.63, 3.8) is 0 Å². The van der Waals surface area contributed by atoms with Gasteiger partial charge in [0.2, 0.25) is 0 Å². The molecule has 0 spiro atoms. The highest BCUT2D eigenvalue weighted by Gasteiger charge is 2.28. The van der Waals surface area contributed by atoms with Crippen molar-refractivity contribution in [1.82, 2.24) is 10.3 Å². The van der Waals surface area contributed by atoms with E-state index in [-0.39, 0.29) is 0 Å². The Morgan fingerprint density at radius 3 is 2.47 bits per heavy atom. The first-order valence-corrected chi connectivity index (χ1v) is 6.09. The minimum absolute atomic E-state index is 0.760. The number of nitrogens with one attached hydrogen (secondary N) is 1. The molecule has 2 fully saturated rings. The summed E-state index contributed by atoms with van der Waals surface area (Å²) in [6, 6.07) is 2.25. The van der Waals surface area contributed by atoms with E-state index in [9.17, 15) is 0 Å². The van der Waals surface area contributed by atoms with E-state index >= 15 is 0 Å². The van der Waals surface area contributed by atoms with Crippen LogP contribution in [0.25, 0.3) is 0 Å². The van der Waals surface area contributed by atoms with Crippen LogP contribution in [0.5, 0.6) is 0 Å². The van der Waals surface area contributed by atoms with Crippen molar-refractivity contribution in [2.24, 2.45) is 0 Å². The normalized spacial score (nSPS) is 22.9. The quantitative estimate of drug-likeness (QED) is 0.796. The van der Waals surface area contributed by atoms with Gasteiger partial charge >= 0.3 is 0 Å². The molecular weight excluding hydrogens is 184 g/mol. The number of pyridine rings is 1. The highest BCUT2D eigenvalue weighted by molar-refractivity contribution is 5.33. The van der Waals surface area contributed by atoms with Gasteiger partial charge < -0.3 is 5.32 Å². The lowest BCUT2D eigenvalue weighted by Crippen LogP contribution is -2.27. The summed E-state index contributed by atoms with van der Waals surface area (Å²) in [6.07, 6.45) is 9.42. The number of nitrogens with zero attached hydrogens (tertiary/aromatic N) is 1. The van der Waals surface area contributed by atoms with Gasteiger partial charge in [0.05, 0.1) is 0 Å². The lowest BCUT2D eigenvalue weighted by Gasteiger charge is -2.24. The standard InChI is InChI=1S/C13H18N2/c1-2-10(1)12-5-8-15-9-13(12)11-3-6-14-7-4-11/h5,8-11,14H,1-4,6-7H2. The summed E-state index contributed by atoms with van der Waals surface area (Å²) in [5.41, 5.74) is 3.14. The highest BCUT2D eigenvalue weighted by Crippen LogP contribution is 2.44. The Balaban J connectivity index is 1.88. The topological polar surface area (TPSA) is 24.9 Å². The van der Waals surface area contributed by atoms with E-state index < -0.39 is 0 Å². The van der Waals surface area contributed by atoms with E-state index in [0.717, 1.165) is 11.8 Å². The second-order valence-corrected chi connectivity index (χ2v) is 4.80. The summed E-state index contributed by atoms with van der Waals surface area (Å²) in [7, 11) is 0. The van der Waals surface area contributed by atoms with E-state index in [2.05, 4.69) is 22.6 Å². The molecule has 0 radical (unpaired) electrons. The lowest BCUT2D eigenvalue weighted by molar-refractivity contribution is 0.457. The number of hydrogen-bond acceptors (Lipinski definition) is 2. The van der Waals surface area contributed by atoms with Gasteiger partial charge in [0.25, 0.3) is 0 Å². The average molecular weight is 202 g/mol. The molecule has 3 rings (SSSR count). The Hall–Kier alpha value is -0.890. The first-order valence-electron chi connectivity index (χ1n) is 6.09. The monoisotopic (exact) mass is 202 g/mol. The molecule has 2 aliphatic rings. The van der Waals surface area contributed by atoms with Gasteiger partial charge in [-0.3, -0.25) is 4.98 Å². The number of aromatic nitrogens is 1. The zero-order valence-corrected chi connectivity index (χ0v) is 9.08. The molecule has 1 saturated heterocycles. The average Bonchev–Trinajstić information content (AvgIpc) is 3.14. The largest absolute Gasteiger partial charge is 0.317 e. The number of hydrogen-bond donors (Lipinski definition) is 1. The van der Waals surface area contributed by atoms with E-state index in [1.165, 1.54) is 38.8 Å². The highest BCUT2D eigenvalue weighted by atomic mass is 14.9. The van der Waals surface area contributed by atoms with Crippen molar-refractivity contribution in [2.75, 3.05) is 13.1 Å². The molecule has 2 heteroatoms. The molecule has 0 atom stereocenters. The van der Waals surface area contributed by atoms with Crippen LogP contribution in [-0.4, -0.2) is 18.1 Å². The van der Waals surface area contributed by atoms with E-state index in [1.54, 1.807) is 11.1 Å². The lowest BCUT2D eigenvalue weighted by atomic mass is 9.87. The molecule has 1 aliphatic heterocycles.